The fraction of sp³-hybridized carbons (Fsp3) is 0.190. The molecule has 4 rings (SSSR count). The van der Waals surface area contributed by atoms with E-state index in [0.717, 1.165) is 24.3 Å². The Morgan fingerprint density at radius 3 is 2.39 bits per heavy atom. The molecule has 2 amide bonds. The maximum atomic E-state index is 13.0. The van der Waals surface area contributed by atoms with Gasteiger partial charge in [0.15, 0.2) is 5.11 Å². The summed E-state index contributed by atoms with van der Waals surface area (Å²) in [5.74, 6) is -0.975. The van der Waals surface area contributed by atoms with Gasteiger partial charge in [0, 0.05) is 23.8 Å². The van der Waals surface area contributed by atoms with Gasteiger partial charge in [0.05, 0.1) is 5.69 Å². The quantitative estimate of drug-likeness (QED) is 0.474. The number of rotatable bonds is 3. The van der Waals surface area contributed by atoms with Crippen LogP contribution in [0.4, 0.5) is 11.4 Å². The molecule has 2 aromatic carbocycles. The maximum Gasteiger partial charge on any atom is 0.270 e. The smallest absolute Gasteiger partial charge is 0.270 e. The minimum Gasteiger partial charge on any atom is -0.372 e. The lowest BCUT2D eigenvalue weighted by Crippen LogP contribution is -2.54. The first-order chi connectivity index (χ1) is 13.5. The van der Waals surface area contributed by atoms with Gasteiger partial charge >= 0.3 is 0 Å². The molecular formula is C21H18ClN3O2S. The average Bonchev–Trinajstić information content (AvgIpc) is 3.20. The number of anilines is 2. The summed E-state index contributed by atoms with van der Waals surface area (Å²) in [6.07, 6.45) is 4.00. The van der Waals surface area contributed by atoms with Gasteiger partial charge in [-0.05, 0) is 67.0 Å². The summed E-state index contributed by atoms with van der Waals surface area (Å²) < 4.78 is 0. The van der Waals surface area contributed by atoms with E-state index in [-0.39, 0.29) is 10.7 Å². The largest absolute Gasteiger partial charge is 0.372 e. The molecule has 2 aliphatic heterocycles. The molecule has 2 saturated heterocycles. The highest BCUT2D eigenvalue weighted by Crippen LogP contribution is 2.25. The van der Waals surface area contributed by atoms with Gasteiger partial charge in [0.25, 0.3) is 11.8 Å². The van der Waals surface area contributed by atoms with Crippen LogP contribution in [0.25, 0.3) is 6.08 Å². The highest BCUT2D eigenvalue weighted by molar-refractivity contribution is 7.80. The third kappa shape index (κ3) is 3.66. The second-order valence-electron chi connectivity index (χ2n) is 6.72. The summed E-state index contributed by atoms with van der Waals surface area (Å²) >= 11 is 11.2. The van der Waals surface area contributed by atoms with Crippen LogP contribution in [-0.4, -0.2) is 30.0 Å². The topological polar surface area (TPSA) is 52.7 Å². The summed E-state index contributed by atoms with van der Waals surface area (Å²) in [5, 5.41) is 3.10. The summed E-state index contributed by atoms with van der Waals surface area (Å²) in [6, 6.07) is 14.6. The molecule has 0 radical (unpaired) electrons. The highest BCUT2D eigenvalue weighted by atomic mass is 35.5. The molecule has 142 valence electrons. The SMILES string of the molecule is O=C1NC(=S)N(c2cccc(Cl)c2)C(=O)/C1=C\c1ccc(N2CCCC2)cc1. The Bertz CT molecular complexity index is 981. The van der Waals surface area contributed by atoms with Crippen LogP contribution < -0.4 is 15.1 Å². The van der Waals surface area contributed by atoms with Crippen molar-refractivity contribution in [3.8, 4) is 0 Å². The molecule has 0 spiro atoms. The van der Waals surface area contributed by atoms with Crippen LogP contribution in [0.3, 0.4) is 0 Å². The van der Waals surface area contributed by atoms with Gasteiger partial charge in [-0.25, -0.2) is 0 Å². The van der Waals surface area contributed by atoms with Crippen molar-refractivity contribution in [1.29, 1.82) is 0 Å². The normalized spacial score (nSPS) is 18.8. The van der Waals surface area contributed by atoms with Crippen LogP contribution in [0.5, 0.6) is 0 Å². The predicted molar refractivity (Wildman–Crippen MR) is 116 cm³/mol. The van der Waals surface area contributed by atoms with Crippen LogP contribution >= 0.6 is 23.8 Å². The molecule has 0 saturated carbocycles. The minimum absolute atomic E-state index is 0.0301. The molecule has 0 aliphatic carbocycles. The number of amides is 2. The van der Waals surface area contributed by atoms with E-state index in [1.165, 1.54) is 17.7 Å². The highest BCUT2D eigenvalue weighted by Gasteiger charge is 2.34. The molecular weight excluding hydrogens is 394 g/mol. The Hall–Kier alpha value is -2.70. The molecule has 2 heterocycles. The van der Waals surface area contributed by atoms with Gasteiger partial charge in [-0.1, -0.05) is 29.8 Å². The van der Waals surface area contributed by atoms with Crippen molar-refractivity contribution in [2.45, 2.75) is 12.8 Å². The Morgan fingerprint density at radius 1 is 1.00 bits per heavy atom. The summed E-state index contributed by atoms with van der Waals surface area (Å²) in [6.45, 7) is 2.13. The van der Waals surface area contributed by atoms with Crippen LogP contribution in [0.15, 0.2) is 54.1 Å². The Balaban J connectivity index is 1.63. The minimum atomic E-state index is -0.503. The van der Waals surface area contributed by atoms with Crippen LogP contribution in [0, 0.1) is 0 Å². The monoisotopic (exact) mass is 411 g/mol. The fourth-order valence-electron chi connectivity index (χ4n) is 3.43. The van der Waals surface area contributed by atoms with E-state index >= 15 is 0 Å². The van der Waals surface area contributed by atoms with Gasteiger partial charge in [0.1, 0.15) is 5.57 Å². The number of carbonyl (C=O) groups excluding carboxylic acids is 2. The average molecular weight is 412 g/mol. The van der Waals surface area contributed by atoms with Gasteiger partial charge < -0.3 is 4.90 Å². The number of halogens is 1. The third-order valence-electron chi connectivity index (χ3n) is 4.84. The number of benzene rings is 2. The first-order valence-corrected chi connectivity index (χ1v) is 9.83. The summed E-state index contributed by atoms with van der Waals surface area (Å²) in [4.78, 5) is 29.0. The lowest BCUT2D eigenvalue weighted by atomic mass is 10.1. The predicted octanol–water partition coefficient (Wildman–Crippen LogP) is 3.77. The van der Waals surface area contributed by atoms with Crippen LogP contribution in [0.2, 0.25) is 5.02 Å². The van der Waals surface area contributed by atoms with E-state index in [1.54, 1.807) is 30.3 Å². The second-order valence-corrected chi connectivity index (χ2v) is 7.55. The van der Waals surface area contributed by atoms with E-state index in [1.807, 2.05) is 24.3 Å². The molecule has 2 aromatic rings. The van der Waals surface area contributed by atoms with Gasteiger partial charge in [-0.15, -0.1) is 0 Å². The van der Waals surface area contributed by atoms with E-state index < -0.39 is 11.8 Å². The van der Waals surface area contributed by atoms with Crippen LogP contribution in [-0.2, 0) is 9.59 Å². The van der Waals surface area contributed by atoms with Crippen molar-refractivity contribution in [3.63, 3.8) is 0 Å². The molecule has 2 fully saturated rings. The Kier molecular flexibility index (Phi) is 5.15. The summed E-state index contributed by atoms with van der Waals surface area (Å²) in [5.41, 5.74) is 2.47. The number of nitrogens with zero attached hydrogens (tertiary/aromatic N) is 2. The first kappa shape index (κ1) is 18.7. The second kappa shape index (κ2) is 7.73. The zero-order valence-corrected chi connectivity index (χ0v) is 16.6. The van der Waals surface area contributed by atoms with Gasteiger partial charge in [-0.3, -0.25) is 19.8 Å². The molecule has 0 unspecified atom stereocenters. The zero-order valence-electron chi connectivity index (χ0n) is 15.0. The maximum absolute atomic E-state index is 13.0. The Morgan fingerprint density at radius 2 is 1.71 bits per heavy atom. The van der Waals surface area contributed by atoms with Crippen molar-refractivity contribution in [2.24, 2.45) is 0 Å². The molecule has 1 N–H and O–H groups in total. The van der Waals surface area contributed by atoms with E-state index in [4.69, 9.17) is 23.8 Å². The van der Waals surface area contributed by atoms with E-state index in [9.17, 15) is 9.59 Å². The Labute approximate surface area is 173 Å². The number of thiocarbonyl (C=S) groups is 1. The third-order valence-corrected chi connectivity index (χ3v) is 5.36. The molecule has 28 heavy (non-hydrogen) atoms. The number of hydrogen-bond donors (Lipinski definition) is 1. The molecule has 0 aromatic heterocycles. The molecule has 2 aliphatic rings. The van der Waals surface area contributed by atoms with Crippen molar-refractivity contribution in [3.05, 3.63) is 64.7 Å². The fourth-order valence-corrected chi connectivity index (χ4v) is 3.90. The van der Waals surface area contributed by atoms with Gasteiger partial charge in [0.2, 0.25) is 0 Å². The lowest BCUT2D eigenvalue weighted by molar-refractivity contribution is -0.122. The van der Waals surface area contributed by atoms with E-state index in [0.29, 0.717) is 10.7 Å². The molecule has 0 atom stereocenters. The van der Waals surface area contributed by atoms with Crippen molar-refractivity contribution < 1.29 is 9.59 Å². The zero-order chi connectivity index (χ0) is 19.7. The lowest BCUT2D eigenvalue weighted by Gasteiger charge is -2.29. The standard InChI is InChI=1S/C21H18ClN3O2S/c22-15-4-3-5-17(13-15)25-20(27)18(19(26)23-21(25)28)12-14-6-8-16(9-7-14)24-10-1-2-11-24/h3-9,12-13H,1-2,10-11H2,(H,23,26,28)/b18-12-. The van der Waals surface area contributed by atoms with Gasteiger partial charge in [-0.2, -0.15) is 0 Å². The number of nitrogens with one attached hydrogen (secondary N) is 1. The van der Waals surface area contributed by atoms with Crippen LogP contribution in [0.1, 0.15) is 18.4 Å². The van der Waals surface area contributed by atoms with Crippen molar-refractivity contribution in [2.75, 3.05) is 22.9 Å². The molecule has 0 bridgehead atoms. The molecule has 5 nitrogen and oxygen atoms in total. The molecule has 7 heteroatoms. The van der Waals surface area contributed by atoms with E-state index in [2.05, 4.69) is 10.2 Å². The first-order valence-electron chi connectivity index (χ1n) is 9.05. The van der Waals surface area contributed by atoms with Crippen molar-refractivity contribution >= 4 is 58.2 Å². The van der Waals surface area contributed by atoms with Crippen molar-refractivity contribution in [1.82, 2.24) is 5.32 Å². The number of carbonyl (C=O) groups is 2. The summed E-state index contributed by atoms with van der Waals surface area (Å²) in [7, 11) is 0. The number of hydrogen-bond acceptors (Lipinski definition) is 4.